The molecule has 3 nitrogen and oxygen atoms in total. The standard InChI is InChI=1S/C26H38O3Si/c1-20(17-21(2)24-26(6,19-27)29-24)18-28-30(25(3,4)5,22-13-9-7-10-14-22)23-15-11-8-12-16-23/h7-16,20-21,24,27H,17-19H2,1-6H3/t20-,21+,24+,26+/m1/s1. The van der Waals surface area contributed by atoms with Crippen molar-refractivity contribution in [1.82, 2.24) is 0 Å². The Bertz CT molecular complexity index is 763. The average molecular weight is 427 g/mol. The van der Waals surface area contributed by atoms with E-state index in [1.807, 2.05) is 6.92 Å². The fourth-order valence-corrected chi connectivity index (χ4v) is 9.65. The van der Waals surface area contributed by atoms with Gasteiger partial charge in [0.25, 0.3) is 8.32 Å². The van der Waals surface area contributed by atoms with Crippen molar-refractivity contribution in [3.63, 3.8) is 0 Å². The molecule has 0 unspecified atom stereocenters. The van der Waals surface area contributed by atoms with Gasteiger partial charge in [0, 0.05) is 6.61 Å². The molecule has 2 aromatic rings. The van der Waals surface area contributed by atoms with Crippen molar-refractivity contribution in [2.45, 2.75) is 64.7 Å². The van der Waals surface area contributed by atoms with Gasteiger partial charge >= 0.3 is 0 Å². The molecule has 4 atom stereocenters. The third-order valence-corrected chi connectivity index (χ3v) is 11.6. The van der Waals surface area contributed by atoms with Crippen LogP contribution in [0, 0.1) is 11.8 Å². The fraction of sp³-hybridized carbons (Fsp3) is 0.538. The average Bonchev–Trinajstić information content (AvgIpc) is 3.41. The largest absolute Gasteiger partial charge is 0.407 e. The van der Waals surface area contributed by atoms with Gasteiger partial charge in [-0.25, -0.2) is 0 Å². The molecule has 1 N–H and O–H groups in total. The van der Waals surface area contributed by atoms with E-state index < -0.39 is 8.32 Å². The summed E-state index contributed by atoms with van der Waals surface area (Å²) in [5, 5.41) is 12.2. The van der Waals surface area contributed by atoms with E-state index >= 15 is 0 Å². The van der Waals surface area contributed by atoms with Crippen molar-refractivity contribution in [2.24, 2.45) is 11.8 Å². The molecule has 164 valence electrons. The maximum Gasteiger partial charge on any atom is 0.261 e. The van der Waals surface area contributed by atoms with Crippen LogP contribution in [0.2, 0.25) is 5.04 Å². The van der Waals surface area contributed by atoms with Gasteiger partial charge in [0.15, 0.2) is 0 Å². The Kier molecular flexibility index (Phi) is 6.93. The first-order valence-electron chi connectivity index (χ1n) is 11.2. The minimum absolute atomic E-state index is 0.00386. The van der Waals surface area contributed by atoms with Crippen LogP contribution in [0.4, 0.5) is 0 Å². The molecule has 0 bridgehead atoms. The van der Waals surface area contributed by atoms with Gasteiger partial charge in [-0.1, -0.05) is 95.3 Å². The zero-order chi connectivity index (χ0) is 22.0. The Morgan fingerprint density at radius 1 is 1.00 bits per heavy atom. The molecule has 0 radical (unpaired) electrons. The Labute approximate surface area is 183 Å². The quantitative estimate of drug-likeness (QED) is 0.478. The highest BCUT2D eigenvalue weighted by Gasteiger charge is 2.54. The lowest BCUT2D eigenvalue weighted by Gasteiger charge is -2.43. The molecule has 30 heavy (non-hydrogen) atoms. The number of hydrogen-bond acceptors (Lipinski definition) is 3. The monoisotopic (exact) mass is 426 g/mol. The summed E-state index contributed by atoms with van der Waals surface area (Å²) in [6, 6.07) is 21.6. The van der Waals surface area contributed by atoms with Gasteiger partial charge in [-0.05, 0) is 40.6 Å². The van der Waals surface area contributed by atoms with Crippen molar-refractivity contribution in [3.8, 4) is 0 Å². The lowest BCUT2D eigenvalue weighted by molar-refractivity contribution is 0.182. The summed E-state index contributed by atoms with van der Waals surface area (Å²) >= 11 is 0. The van der Waals surface area contributed by atoms with Crippen LogP contribution in [0.15, 0.2) is 60.7 Å². The van der Waals surface area contributed by atoms with Gasteiger partial charge in [-0.15, -0.1) is 0 Å². The molecule has 1 saturated heterocycles. The van der Waals surface area contributed by atoms with Crippen LogP contribution in [-0.4, -0.2) is 38.3 Å². The highest BCUT2D eigenvalue weighted by Crippen LogP contribution is 2.43. The lowest BCUT2D eigenvalue weighted by Crippen LogP contribution is -2.66. The number of rotatable bonds is 9. The molecule has 0 saturated carbocycles. The summed E-state index contributed by atoms with van der Waals surface area (Å²) in [5.74, 6) is 0.814. The first-order chi connectivity index (χ1) is 14.1. The van der Waals surface area contributed by atoms with E-state index in [1.165, 1.54) is 10.4 Å². The maximum absolute atomic E-state index is 9.53. The smallest absolute Gasteiger partial charge is 0.261 e. The van der Waals surface area contributed by atoms with Crippen LogP contribution in [0.1, 0.15) is 48.0 Å². The summed E-state index contributed by atoms with van der Waals surface area (Å²) in [6.07, 6.45) is 1.18. The van der Waals surface area contributed by atoms with Gasteiger partial charge < -0.3 is 14.3 Å². The zero-order valence-electron chi connectivity index (χ0n) is 19.4. The first kappa shape index (κ1) is 23.2. The number of aliphatic hydroxyl groups excluding tert-OH is 1. The third kappa shape index (κ3) is 4.57. The normalized spacial score (nSPS) is 23.8. The second-order valence-electron chi connectivity index (χ2n) is 10.3. The van der Waals surface area contributed by atoms with Gasteiger partial charge in [0.05, 0.1) is 12.7 Å². The molecule has 3 rings (SSSR count). The van der Waals surface area contributed by atoms with Crippen LogP contribution >= 0.6 is 0 Å². The van der Waals surface area contributed by atoms with E-state index in [9.17, 15) is 5.11 Å². The molecule has 1 fully saturated rings. The van der Waals surface area contributed by atoms with Crippen molar-refractivity contribution < 1.29 is 14.3 Å². The van der Waals surface area contributed by atoms with Crippen LogP contribution in [0.5, 0.6) is 0 Å². The maximum atomic E-state index is 9.53. The summed E-state index contributed by atoms with van der Waals surface area (Å²) in [5.41, 5.74) is -0.349. The molecular weight excluding hydrogens is 388 g/mol. The van der Waals surface area contributed by atoms with E-state index in [-0.39, 0.29) is 23.4 Å². The van der Waals surface area contributed by atoms with E-state index in [0.717, 1.165) is 13.0 Å². The minimum Gasteiger partial charge on any atom is -0.407 e. The number of benzene rings is 2. The number of epoxide rings is 1. The van der Waals surface area contributed by atoms with Crippen molar-refractivity contribution in [3.05, 3.63) is 60.7 Å². The van der Waals surface area contributed by atoms with Crippen molar-refractivity contribution >= 4 is 18.7 Å². The lowest BCUT2D eigenvalue weighted by atomic mass is 9.90. The molecule has 1 heterocycles. The number of aliphatic hydroxyl groups is 1. The van der Waals surface area contributed by atoms with Crippen molar-refractivity contribution in [1.29, 1.82) is 0 Å². The molecule has 1 aliphatic heterocycles. The Morgan fingerprint density at radius 3 is 1.90 bits per heavy atom. The first-order valence-corrected chi connectivity index (χ1v) is 13.1. The molecule has 0 aromatic heterocycles. The predicted octanol–water partition coefficient (Wildman–Crippen LogP) is 4.38. The zero-order valence-corrected chi connectivity index (χ0v) is 20.4. The predicted molar refractivity (Wildman–Crippen MR) is 127 cm³/mol. The van der Waals surface area contributed by atoms with E-state index in [1.54, 1.807) is 0 Å². The highest BCUT2D eigenvalue weighted by molar-refractivity contribution is 6.99. The second-order valence-corrected chi connectivity index (χ2v) is 14.6. The topological polar surface area (TPSA) is 42.0 Å². The molecule has 1 aliphatic rings. The molecule has 0 amide bonds. The molecule has 4 heteroatoms. The summed E-state index contributed by atoms with van der Waals surface area (Å²) < 4.78 is 12.8. The van der Waals surface area contributed by atoms with Gasteiger partial charge in [-0.3, -0.25) is 0 Å². The van der Waals surface area contributed by atoms with Crippen molar-refractivity contribution in [2.75, 3.05) is 13.2 Å². The van der Waals surface area contributed by atoms with E-state index in [0.29, 0.717) is 11.8 Å². The summed E-state index contributed by atoms with van der Waals surface area (Å²) in [7, 11) is -2.48. The van der Waals surface area contributed by atoms with Crippen LogP contribution in [-0.2, 0) is 9.16 Å². The SMILES string of the molecule is C[C@@H](CO[Si](c1ccccc1)(c1ccccc1)C(C)(C)C)C[C@H](C)[C@@H]1O[C@@]1(C)CO. The Hall–Kier alpha value is -1.46. The number of hydrogen-bond donors (Lipinski definition) is 1. The number of ether oxygens (including phenoxy) is 1. The van der Waals surface area contributed by atoms with E-state index in [2.05, 4.69) is 95.3 Å². The summed E-state index contributed by atoms with van der Waals surface area (Å²) in [4.78, 5) is 0. The van der Waals surface area contributed by atoms with Gasteiger partial charge in [-0.2, -0.15) is 0 Å². The fourth-order valence-electron chi connectivity index (χ4n) is 4.96. The third-order valence-electron chi connectivity index (χ3n) is 6.55. The van der Waals surface area contributed by atoms with Gasteiger partial charge in [0.1, 0.15) is 5.60 Å². The highest BCUT2D eigenvalue weighted by atomic mass is 28.4. The Morgan fingerprint density at radius 2 is 1.50 bits per heavy atom. The minimum atomic E-state index is -2.48. The van der Waals surface area contributed by atoms with Crippen LogP contribution < -0.4 is 10.4 Å². The molecule has 0 aliphatic carbocycles. The Balaban J connectivity index is 1.83. The van der Waals surface area contributed by atoms with Gasteiger partial charge in [0.2, 0.25) is 0 Å². The molecule has 0 spiro atoms. The van der Waals surface area contributed by atoms with E-state index in [4.69, 9.17) is 9.16 Å². The van der Waals surface area contributed by atoms with Crippen LogP contribution in [0.3, 0.4) is 0 Å². The summed E-state index contributed by atoms with van der Waals surface area (Å²) in [6.45, 7) is 14.3. The molecular formula is C26H38O3Si. The van der Waals surface area contributed by atoms with Crippen LogP contribution in [0.25, 0.3) is 0 Å². The second kappa shape index (κ2) is 8.95. The molecule has 2 aromatic carbocycles.